The molecule has 0 aliphatic heterocycles. The Morgan fingerprint density at radius 1 is 0.731 bits per heavy atom. The number of rotatable bonds is 16. The van der Waals surface area contributed by atoms with E-state index in [-0.39, 0.29) is 11.2 Å². The van der Waals surface area contributed by atoms with E-state index in [2.05, 4.69) is 0 Å². The van der Waals surface area contributed by atoms with Crippen LogP contribution in [0.25, 0.3) is 0 Å². The van der Waals surface area contributed by atoms with Crippen LogP contribution in [-0.4, -0.2) is 66.1 Å². The molecular formula is C17H38O7Si2. The zero-order chi connectivity index (χ0) is 20.3. The summed E-state index contributed by atoms with van der Waals surface area (Å²) >= 11 is 0. The first-order valence-corrected chi connectivity index (χ1v) is 13.0. The monoisotopic (exact) mass is 410 g/mol. The van der Waals surface area contributed by atoms with Gasteiger partial charge in [-0.25, -0.2) is 0 Å². The van der Waals surface area contributed by atoms with E-state index < -0.39 is 17.6 Å². The molecule has 0 aliphatic carbocycles. The van der Waals surface area contributed by atoms with Crippen molar-refractivity contribution in [3.05, 3.63) is 0 Å². The minimum absolute atomic E-state index is 0.275. The predicted octanol–water partition coefficient (Wildman–Crippen LogP) is 3.29. The first-order valence-electron chi connectivity index (χ1n) is 9.10. The Morgan fingerprint density at radius 2 is 1.04 bits per heavy atom. The van der Waals surface area contributed by atoms with Crippen molar-refractivity contribution in [2.24, 2.45) is 5.41 Å². The molecule has 0 rings (SSSR count). The van der Waals surface area contributed by atoms with Gasteiger partial charge in [0.15, 0.2) is 0 Å². The minimum atomic E-state index is -2.61. The van der Waals surface area contributed by atoms with Crippen molar-refractivity contribution >= 4 is 23.4 Å². The van der Waals surface area contributed by atoms with Crippen molar-refractivity contribution in [1.29, 1.82) is 0 Å². The second-order valence-electron chi connectivity index (χ2n) is 6.64. The molecule has 0 spiro atoms. The molecule has 0 aromatic heterocycles. The van der Waals surface area contributed by atoms with E-state index in [1.165, 1.54) is 0 Å². The van der Waals surface area contributed by atoms with E-state index in [0.717, 1.165) is 25.7 Å². The van der Waals surface area contributed by atoms with Crippen molar-refractivity contribution in [1.82, 2.24) is 0 Å². The Hall–Kier alpha value is -0.136. The topological polar surface area (TPSA) is 72.5 Å². The van der Waals surface area contributed by atoms with Crippen LogP contribution in [0.3, 0.4) is 0 Å². The maximum absolute atomic E-state index is 12.6. The fourth-order valence-corrected chi connectivity index (χ4v) is 6.78. The average Bonchev–Trinajstić information content (AvgIpc) is 2.68. The van der Waals surface area contributed by atoms with Crippen LogP contribution < -0.4 is 0 Å². The Morgan fingerprint density at radius 3 is 1.27 bits per heavy atom. The van der Waals surface area contributed by atoms with Gasteiger partial charge in [-0.3, -0.25) is 4.79 Å². The highest BCUT2D eigenvalue weighted by atomic mass is 28.4. The van der Waals surface area contributed by atoms with Crippen molar-refractivity contribution in [3.8, 4) is 0 Å². The summed E-state index contributed by atoms with van der Waals surface area (Å²) in [6.45, 7) is 3.96. The standard InChI is InChI=1S/C17H38O7Si2/c1-9-16(18)17(2,12-10-14-25(19-3,20-4)21-5)13-11-15-26(22-6,23-7)24-8/h9-15H2,1-8H3. The normalized spacial score (nSPS) is 13.2. The molecule has 0 heterocycles. The zero-order valence-corrected chi connectivity index (χ0v) is 19.8. The molecule has 26 heavy (non-hydrogen) atoms. The molecule has 0 aromatic carbocycles. The summed E-state index contributed by atoms with van der Waals surface area (Å²) in [4.78, 5) is 12.6. The molecule has 0 aromatic rings. The van der Waals surface area contributed by atoms with Crippen LogP contribution in [0.15, 0.2) is 0 Å². The van der Waals surface area contributed by atoms with Gasteiger partial charge in [-0.05, 0) is 25.7 Å². The SMILES string of the molecule is CCC(=O)C(C)(CCC[Si](OC)(OC)OC)CCC[Si](OC)(OC)OC. The zero-order valence-electron chi connectivity index (χ0n) is 17.8. The molecule has 0 amide bonds. The summed E-state index contributed by atoms with van der Waals surface area (Å²) in [5.41, 5.74) is -0.389. The molecule has 0 saturated heterocycles. The van der Waals surface area contributed by atoms with Gasteiger partial charge in [0.2, 0.25) is 0 Å². The van der Waals surface area contributed by atoms with Gasteiger partial charge in [0.05, 0.1) is 0 Å². The molecule has 9 heteroatoms. The highest BCUT2D eigenvalue weighted by Gasteiger charge is 2.41. The van der Waals surface area contributed by atoms with Crippen LogP contribution in [0.5, 0.6) is 0 Å². The lowest BCUT2D eigenvalue weighted by atomic mass is 9.76. The molecule has 0 aliphatic rings. The molecule has 0 N–H and O–H groups in total. The Balaban J connectivity index is 4.88. The van der Waals surface area contributed by atoms with E-state index in [4.69, 9.17) is 26.6 Å². The quantitative estimate of drug-likeness (QED) is 0.362. The molecule has 0 saturated carbocycles. The first-order chi connectivity index (χ1) is 12.3. The fraction of sp³-hybridized carbons (Fsp3) is 0.941. The summed E-state index contributed by atoms with van der Waals surface area (Å²) in [6, 6.07) is 1.38. The smallest absolute Gasteiger partial charge is 0.377 e. The Labute approximate surface area is 161 Å². The molecule has 0 bridgehead atoms. The number of carbonyl (C=O) groups excluding carboxylic acids is 1. The summed E-state index contributed by atoms with van der Waals surface area (Å²) in [7, 11) is 4.46. The van der Waals surface area contributed by atoms with Crippen LogP contribution in [0, 0.1) is 5.41 Å². The molecule has 7 nitrogen and oxygen atoms in total. The average molecular weight is 411 g/mol. The molecule has 0 atom stereocenters. The van der Waals surface area contributed by atoms with Gasteiger partial charge >= 0.3 is 17.6 Å². The van der Waals surface area contributed by atoms with E-state index >= 15 is 0 Å². The van der Waals surface area contributed by atoms with Crippen LogP contribution in [0.4, 0.5) is 0 Å². The van der Waals surface area contributed by atoms with Crippen LogP contribution in [-0.2, 0) is 31.4 Å². The molecule has 0 unspecified atom stereocenters. The van der Waals surface area contributed by atoms with Crippen LogP contribution in [0.1, 0.15) is 46.0 Å². The van der Waals surface area contributed by atoms with Gasteiger partial charge in [-0.2, -0.15) is 0 Å². The number of ketones is 1. The van der Waals surface area contributed by atoms with Crippen LogP contribution in [0.2, 0.25) is 12.1 Å². The van der Waals surface area contributed by atoms with Crippen molar-refractivity contribution in [2.75, 3.05) is 42.7 Å². The van der Waals surface area contributed by atoms with Crippen molar-refractivity contribution in [3.63, 3.8) is 0 Å². The number of carbonyl (C=O) groups is 1. The van der Waals surface area contributed by atoms with E-state index in [1.807, 2.05) is 13.8 Å². The van der Waals surface area contributed by atoms with Gasteiger partial charge in [0.1, 0.15) is 5.78 Å². The summed E-state index contributed by atoms with van der Waals surface area (Å²) in [5.74, 6) is 0.275. The maximum Gasteiger partial charge on any atom is 0.500 e. The van der Waals surface area contributed by atoms with Gasteiger partial charge in [0.25, 0.3) is 0 Å². The minimum Gasteiger partial charge on any atom is -0.377 e. The lowest BCUT2D eigenvalue weighted by molar-refractivity contribution is -0.128. The second kappa shape index (κ2) is 12.3. The fourth-order valence-electron chi connectivity index (χ4n) is 3.33. The summed E-state index contributed by atoms with van der Waals surface area (Å²) < 4.78 is 32.8. The molecule has 156 valence electrons. The number of hydrogen-bond acceptors (Lipinski definition) is 7. The highest BCUT2D eigenvalue weighted by molar-refractivity contribution is 6.60. The Kier molecular flexibility index (Phi) is 12.3. The van der Waals surface area contributed by atoms with Gasteiger partial charge in [-0.1, -0.05) is 13.8 Å². The lowest BCUT2D eigenvalue weighted by Gasteiger charge is -2.31. The van der Waals surface area contributed by atoms with Gasteiger partial charge in [-0.15, -0.1) is 0 Å². The molecular weight excluding hydrogens is 372 g/mol. The maximum atomic E-state index is 12.6. The predicted molar refractivity (Wildman–Crippen MR) is 105 cm³/mol. The largest absolute Gasteiger partial charge is 0.500 e. The van der Waals surface area contributed by atoms with Gasteiger partial charge < -0.3 is 26.6 Å². The lowest BCUT2D eigenvalue weighted by Crippen LogP contribution is -2.43. The first kappa shape index (κ1) is 25.9. The van der Waals surface area contributed by atoms with Gasteiger partial charge in [0, 0.05) is 66.6 Å². The third kappa shape index (κ3) is 7.12. The molecule has 0 fully saturated rings. The number of hydrogen-bond donors (Lipinski definition) is 0. The Bertz CT molecular complexity index is 356. The van der Waals surface area contributed by atoms with E-state index in [0.29, 0.717) is 18.5 Å². The van der Waals surface area contributed by atoms with Crippen molar-refractivity contribution < 1.29 is 31.4 Å². The highest BCUT2D eigenvalue weighted by Crippen LogP contribution is 2.35. The summed E-state index contributed by atoms with van der Waals surface area (Å²) in [6.07, 6.45) is 3.69. The second-order valence-corrected chi connectivity index (χ2v) is 12.8. The van der Waals surface area contributed by atoms with E-state index in [1.54, 1.807) is 42.7 Å². The molecule has 0 radical (unpaired) electrons. The van der Waals surface area contributed by atoms with Crippen LogP contribution >= 0.6 is 0 Å². The third-order valence-electron chi connectivity index (χ3n) is 5.28. The van der Waals surface area contributed by atoms with E-state index in [9.17, 15) is 4.79 Å². The third-order valence-corrected chi connectivity index (χ3v) is 10.9. The van der Waals surface area contributed by atoms with Crippen molar-refractivity contribution in [2.45, 2.75) is 58.0 Å². The summed E-state index contributed by atoms with van der Waals surface area (Å²) in [5, 5.41) is 0. The number of Topliss-reactive ketones (excluding diaryl/α,β-unsaturated/α-hetero) is 1.